The average molecular weight is 279 g/mol. The maximum atomic E-state index is 6.22. The number of aromatic amines is 1. The van der Waals surface area contributed by atoms with E-state index in [-0.39, 0.29) is 5.60 Å². The second kappa shape index (κ2) is 6.24. The molecule has 1 aromatic rings. The summed E-state index contributed by atoms with van der Waals surface area (Å²) in [5, 5.41) is 0. The highest BCUT2D eigenvalue weighted by molar-refractivity contribution is 4.99. The van der Waals surface area contributed by atoms with Gasteiger partial charge in [-0.2, -0.15) is 0 Å². The van der Waals surface area contributed by atoms with Crippen molar-refractivity contribution in [3.8, 4) is 0 Å². The molecule has 3 heterocycles. The van der Waals surface area contributed by atoms with Crippen LogP contribution in [0.3, 0.4) is 0 Å². The molecule has 0 radical (unpaired) electrons. The van der Waals surface area contributed by atoms with Gasteiger partial charge in [-0.05, 0) is 38.1 Å². The lowest BCUT2D eigenvalue weighted by Gasteiger charge is -2.39. The van der Waals surface area contributed by atoms with Crippen LogP contribution in [0.4, 0.5) is 0 Å². The van der Waals surface area contributed by atoms with Gasteiger partial charge in [-0.1, -0.05) is 0 Å². The van der Waals surface area contributed by atoms with E-state index in [2.05, 4.69) is 14.9 Å². The van der Waals surface area contributed by atoms with E-state index < -0.39 is 0 Å². The Hall–Kier alpha value is -0.910. The van der Waals surface area contributed by atoms with Gasteiger partial charge in [0.05, 0.1) is 18.5 Å². The van der Waals surface area contributed by atoms with Gasteiger partial charge in [0.2, 0.25) is 0 Å². The van der Waals surface area contributed by atoms with Crippen LogP contribution in [-0.4, -0.2) is 53.9 Å². The highest BCUT2D eigenvalue weighted by atomic mass is 16.5. The number of rotatable bonds is 5. The lowest BCUT2D eigenvalue weighted by molar-refractivity contribution is -0.0538. The first-order chi connectivity index (χ1) is 9.80. The smallest absolute Gasteiger partial charge is 0.0922 e. The third kappa shape index (κ3) is 3.22. The van der Waals surface area contributed by atoms with Crippen LogP contribution in [0.15, 0.2) is 12.5 Å². The molecule has 1 N–H and O–H groups in total. The van der Waals surface area contributed by atoms with Gasteiger partial charge < -0.3 is 14.5 Å². The Morgan fingerprint density at radius 2 is 2.55 bits per heavy atom. The first-order valence-electron chi connectivity index (χ1n) is 7.62. The minimum absolute atomic E-state index is 0.0939. The number of methoxy groups -OCH3 is 1. The Morgan fingerprint density at radius 1 is 1.60 bits per heavy atom. The summed E-state index contributed by atoms with van der Waals surface area (Å²) in [5.41, 5.74) is 1.28. The summed E-state index contributed by atoms with van der Waals surface area (Å²) in [6.45, 7) is 4.92. The lowest BCUT2D eigenvalue weighted by Crippen LogP contribution is -2.47. The molecule has 20 heavy (non-hydrogen) atoms. The molecule has 0 aromatic carbocycles. The third-order valence-electron chi connectivity index (χ3n) is 4.58. The Bertz CT molecular complexity index is 409. The maximum absolute atomic E-state index is 6.22. The summed E-state index contributed by atoms with van der Waals surface area (Å²) < 4.78 is 11.4. The van der Waals surface area contributed by atoms with Crippen molar-refractivity contribution in [3.05, 3.63) is 18.2 Å². The zero-order valence-corrected chi connectivity index (χ0v) is 12.3. The molecular weight excluding hydrogens is 254 g/mol. The average Bonchev–Trinajstić information content (AvgIpc) is 3.07. The predicted molar refractivity (Wildman–Crippen MR) is 76.4 cm³/mol. The zero-order chi connectivity index (χ0) is 13.8. The summed E-state index contributed by atoms with van der Waals surface area (Å²) in [6.07, 6.45) is 8.41. The van der Waals surface area contributed by atoms with Gasteiger partial charge in [0, 0.05) is 38.7 Å². The van der Waals surface area contributed by atoms with E-state index in [1.807, 2.05) is 6.20 Å². The Kier molecular flexibility index (Phi) is 4.38. The zero-order valence-electron chi connectivity index (χ0n) is 12.3. The molecule has 0 amide bonds. The van der Waals surface area contributed by atoms with Crippen molar-refractivity contribution < 1.29 is 9.47 Å². The number of likely N-dealkylation sites (tertiary alicyclic amines) is 1. The molecule has 2 aliphatic rings. The number of imidazole rings is 1. The Morgan fingerprint density at radius 3 is 3.35 bits per heavy atom. The molecule has 2 fully saturated rings. The van der Waals surface area contributed by atoms with Crippen LogP contribution in [0.2, 0.25) is 0 Å². The van der Waals surface area contributed by atoms with Gasteiger partial charge in [0.1, 0.15) is 0 Å². The molecule has 5 heteroatoms. The fraction of sp³-hybridized carbons (Fsp3) is 0.800. The van der Waals surface area contributed by atoms with Crippen LogP contribution in [0.25, 0.3) is 0 Å². The number of H-pyrrole nitrogens is 1. The van der Waals surface area contributed by atoms with Gasteiger partial charge in [-0.15, -0.1) is 0 Å². The standard InChI is InChI=1S/C15H25N3O2/c1-19-6-3-13-7-15(20-10-13)4-2-5-18(11-15)9-14-8-16-12-17-14/h8,12-13H,2-7,9-11H2,1H3,(H,16,17)/t13-,15+/m1/s1. The van der Waals surface area contributed by atoms with E-state index in [1.165, 1.54) is 25.0 Å². The van der Waals surface area contributed by atoms with Crippen LogP contribution >= 0.6 is 0 Å². The van der Waals surface area contributed by atoms with E-state index >= 15 is 0 Å². The monoisotopic (exact) mass is 279 g/mol. The Balaban J connectivity index is 1.55. The van der Waals surface area contributed by atoms with Crippen molar-refractivity contribution in [2.24, 2.45) is 5.92 Å². The largest absolute Gasteiger partial charge is 0.385 e. The van der Waals surface area contributed by atoms with E-state index in [9.17, 15) is 0 Å². The minimum Gasteiger partial charge on any atom is -0.385 e. The van der Waals surface area contributed by atoms with Crippen LogP contribution in [0, 0.1) is 5.92 Å². The number of nitrogens with one attached hydrogen (secondary N) is 1. The van der Waals surface area contributed by atoms with Crippen molar-refractivity contribution in [2.75, 3.05) is 33.4 Å². The number of piperidine rings is 1. The molecule has 0 unspecified atom stereocenters. The van der Waals surface area contributed by atoms with Gasteiger partial charge in [0.25, 0.3) is 0 Å². The van der Waals surface area contributed by atoms with Crippen molar-refractivity contribution in [1.29, 1.82) is 0 Å². The van der Waals surface area contributed by atoms with E-state index in [0.717, 1.165) is 39.3 Å². The Labute approximate surface area is 120 Å². The van der Waals surface area contributed by atoms with Gasteiger partial charge in [-0.25, -0.2) is 4.98 Å². The van der Waals surface area contributed by atoms with Crippen LogP contribution < -0.4 is 0 Å². The van der Waals surface area contributed by atoms with Gasteiger partial charge in [0.15, 0.2) is 0 Å². The van der Waals surface area contributed by atoms with Crippen LogP contribution in [0.1, 0.15) is 31.4 Å². The van der Waals surface area contributed by atoms with E-state index in [1.54, 1.807) is 13.4 Å². The topological polar surface area (TPSA) is 50.4 Å². The fourth-order valence-corrected chi connectivity index (χ4v) is 3.63. The molecule has 5 nitrogen and oxygen atoms in total. The number of nitrogens with zero attached hydrogens (tertiary/aromatic N) is 2. The number of hydrogen-bond donors (Lipinski definition) is 1. The third-order valence-corrected chi connectivity index (χ3v) is 4.58. The molecule has 0 saturated carbocycles. The molecule has 2 saturated heterocycles. The predicted octanol–water partition coefficient (Wildman–Crippen LogP) is 1.82. The summed E-state index contributed by atoms with van der Waals surface area (Å²) in [6, 6.07) is 0. The first kappa shape index (κ1) is 14.0. The van der Waals surface area contributed by atoms with Gasteiger partial charge >= 0.3 is 0 Å². The molecule has 0 aliphatic carbocycles. The van der Waals surface area contributed by atoms with Crippen molar-refractivity contribution in [2.45, 2.75) is 37.8 Å². The molecule has 0 bridgehead atoms. The number of hydrogen-bond acceptors (Lipinski definition) is 4. The minimum atomic E-state index is 0.0939. The molecule has 1 aromatic heterocycles. The quantitative estimate of drug-likeness (QED) is 0.893. The van der Waals surface area contributed by atoms with Crippen molar-refractivity contribution in [3.63, 3.8) is 0 Å². The molecule has 1 spiro atoms. The first-order valence-corrected chi connectivity index (χ1v) is 7.62. The highest BCUT2D eigenvalue weighted by Crippen LogP contribution is 2.38. The summed E-state index contributed by atoms with van der Waals surface area (Å²) >= 11 is 0. The van der Waals surface area contributed by atoms with Crippen LogP contribution in [0.5, 0.6) is 0 Å². The second-order valence-corrected chi connectivity index (χ2v) is 6.24. The molecule has 3 rings (SSSR count). The normalized spacial score (nSPS) is 31.1. The summed E-state index contributed by atoms with van der Waals surface area (Å²) in [7, 11) is 1.78. The maximum Gasteiger partial charge on any atom is 0.0922 e. The summed E-state index contributed by atoms with van der Waals surface area (Å²) in [4.78, 5) is 9.78. The van der Waals surface area contributed by atoms with Gasteiger partial charge in [-0.3, -0.25) is 4.90 Å². The molecule has 112 valence electrons. The lowest BCUT2D eigenvalue weighted by atomic mass is 9.85. The number of aromatic nitrogens is 2. The molecule has 2 aliphatic heterocycles. The van der Waals surface area contributed by atoms with Crippen LogP contribution in [-0.2, 0) is 16.0 Å². The van der Waals surface area contributed by atoms with E-state index in [4.69, 9.17) is 9.47 Å². The molecular formula is C15H25N3O2. The van der Waals surface area contributed by atoms with E-state index in [0.29, 0.717) is 5.92 Å². The molecule has 2 atom stereocenters. The highest BCUT2D eigenvalue weighted by Gasteiger charge is 2.43. The van der Waals surface area contributed by atoms with Crippen molar-refractivity contribution >= 4 is 0 Å². The second-order valence-electron chi connectivity index (χ2n) is 6.24. The number of ether oxygens (including phenoxy) is 2. The summed E-state index contributed by atoms with van der Waals surface area (Å²) in [5.74, 6) is 0.669. The SMILES string of the molecule is COCC[C@H]1CO[C@@]2(CCCN(Cc3cnc[nH]3)C2)C1. The fourth-order valence-electron chi connectivity index (χ4n) is 3.63. The van der Waals surface area contributed by atoms with Crippen molar-refractivity contribution in [1.82, 2.24) is 14.9 Å².